The van der Waals surface area contributed by atoms with Gasteiger partial charge in [-0.2, -0.15) is 0 Å². The minimum absolute atomic E-state index is 0.0747. The molecule has 1 saturated heterocycles. The van der Waals surface area contributed by atoms with Crippen LogP contribution >= 0.6 is 11.3 Å². The third kappa shape index (κ3) is 4.36. The van der Waals surface area contributed by atoms with Gasteiger partial charge in [-0.3, -0.25) is 14.5 Å². The van der Waals surface area contributed by atoms with E-state index in [-0.39, 0.29) is 16.3 Å². The van der Waals surface area contributed by atoms with E-state index in [1.165, 1.54) is 18.2 Å². The van der Waals surface area contributed by atoms with E-state index in [1.807, 2.05) is 0 Å². The molecule has 1 amide bonds. The molecule has 1 fully saturated rings. The minimum Gasteiger partial charge on any atom is -0.507 e. The third-order valence-corrected chi connectivity index (χ3v) is 6.10. The van der Waals surface area contributed by atoms with Crippen LogP contribution in [0.2, 0.25) is 0 Å². The standard InChI is InChI=1S/C24H22FN3O4S/c1-3-4-13-32-16-11-9-15(10-12-16)21(29)19-20(17-7-5-6-8-18(17)25)28(23(31)22(19)30)24-27-26-14(2)33-24/h5-12,20,29H,3-4,13H2,1-2H3/b21-19-. The van der Waals surface area contributed by atoms with Crippen molar-refractivity contribution >= 4 is 33.9 Å². The van der Waals surface area contributed by atoms with Crippen molar-refractivity contribution in [1.82, 2.24) is 10.2 Å². The number of anilines is 1. The van der Waals surface area contributed by atoms with Crippen molar-refractivity contribution < 1.29 is 23.8 Å². The van der Waals surface area contributed by atoms with Gasteiger partial charge in [-0.05, 0) is 43.7 Å². The number of aromatic nitrogens is 2. The van der Waals surface area contributed by atoms with Crippen molar-refractivity contribution in [2.45, 2.75) is 32.7 Å². The van der Waals surface area contributed by atoms with Crippen molar-refractivity contribution in [3.63, 3.8) is 0 Å². The topological polar surface area (TPSA) is 92.6 Å². The molecule has 0 saturated carbocycles. The number of aliphatic hydroxyl groups excluding tert-OH is 1. The molecule has 0 spiro atoms. The highest BCUT2D eigenvalue weighted by Gasteiger charge is 2.49. The van der Waals surface area contributed by atoms with Gasteiger partial charge in [0.1, 0.15) is 28.4 Å². The lowest BCUT2D eigenvalue weighted by Gasteiger charge is -2.22. The number of ether oxygens (including phenoxy) is 1. The van der Waals surface area contributed by atoms with Gasteiger partial charge in [0.2, 0.25) is 5.13 Å². The zero-order valence-corrected chi connectivity index (χ0v) is 18.9. The quantitative estimate of drug-likeness (QED) is 0.232. The van der Waals surface area contributed by atoms with Crippen LogP contribution in [0.4, 0.5) is 9.52 Å². The second kappa shape index (κ2) is 9.50. The number of aryl methyl sites for hydroxylation is 1. The molecular weight excluding hydrogens is 445 g/mol. The van der Waals surface area contributed by atoms with Gasteiger partial charge in [-0.25, -0.2) is 4.39 Å². The van der Waals surface area contributed by atoms with E-state index in [2.05, 4.69) is 17.1 Å². The van der Waals surface area contributed by atoms with Gasteiger partial charge in [0.05, 0.1) is 12.2 Å². The van der Waals surface area contributed by atoms with Gasteiger partial charge in [-0.1, -0.05) is 42.9 Å². The zero-order valence-electron chi connectivity index (χ0n) is 18.1. The van der Waals surface area contributed by atoms with Crippen LogP contribution in [0.15, 0.2) is 54.1 Å². The Morgan fingerprint density at radius 3 is 2.52 bits per heavy atom. The molecule has 9 heteroatoms. The number of halogens is 1. The number of hydrogen-bond acceptors (Lipinski definition) is 7. The summed E-state index contributed by atoms with van der Waals surface area (Å²) < 4.78 is 20.5. The van der Waals surface area contributed by atoms with E-state index in [4.69, 9.17) is 4.74 Å². The van der Waals surface area contributed by atoms with Crippen LogP contribution in [0.5, 0.6) is 5.75 Å². The van der Waals surface area contributed by atoms with Crippen molar-refractivity contribution in [2.24, 2.45) is 0 Å². The van der Waals surface area contributed by atoms with Gasteiger partial charge in [-0.15, -0.1) is 10.2 Å². The highest BCUT2D eigenvalue weighted by atomic mass is 32.1. The second-order valence-electron chi connectivity index (χ2n) is 7.52. The largest absolute Gasteiger partial charge is 0.507 e. The molecule has 1 aromatic heterocycles. The number of ketones is 1. The van der Waals surface area contributed by atoms with E-state index in [9.17, 15) is 19.1 Å². The summed E-state index contributed by atoms with van der Waals surface area (Å²) in [6.07, 6.45) is 1.92. The lowest BCUT2D eigenvalue weighted by atomic mass is 9.95. The smallest absolute Gasteiger partial charge is 0.301 e. The summed E-state index contributed by atoms with van der Waals surface area (Å²) in [4.78, 5) is 27.1. The Labute approximate surface area is 194 Å². The number of carbonyl (C=O) groups excluding carboxylic acids is 2. The number of unbranched alkanes of at least 4 members (excludes halogenated alkanes) is 1. The molecule has 1 aliphatic rings. The summed E-state index contributed by atoms with van der Waals surface area (Å²) in [5.41, 5.74) is 0.175. The van der Waals surface area contributed by atoms with Crippen LogP contribution in [-0.2, 0) is 9.59 Å². The molecule has 170 valence electrons. The average Bonchev–Trinajstić information content (AvgIpc) is 3.35. The molecule has 2 aromatic carbocycles. The number of hydrogen-bond donors (Lipinski definition) is 1. The van der Waals surface area contributed by atoms with Crippen molar-refractivity contribution in [2.75, 3.05) is 11.5 Å². The van der Waals surface area contributed by atoms with Gasteiger partial charge < -0.3 is 9.84 Å². The fourth-order valence-corrected chi connectivity index (χ4v) is 4.32. The zero-order chi connectivity index (χ0) is 23.5. The first-order valence-corrected chi connectivity index (χ1v) is 11.3. The Kier molecular flexibility index (Phi) is 6.50. The van der Waals surface area contributed by atoms with Crippen LogP contribution < -0.4 is 9.64 Å². The summed E-state index contributed by atoms with van der Waals surface area (Å²) in [6.45, 7) is 4.34. The van der Waals surface area contributed by atoms with Gasteiger partial charge in [0.25, 0.3) is 5.78 Å². The monoisotopic (exact) mass is 467 g/mol. The number of amides is 1. The number of Topliss-reactive ketones (excluding diaryl/α,β-unsaturated/α-hetero) is 1. The molecule has 33 heavy (non-hydrogen) atoms. The molecule has 0 aliphatic carbocycles. The maximum atomic E-state index is 14.8. The van der Waals surface area contributed by atoms with Crippen molar-refractivity contribution in [3.8, 4) is 5.75 Å². The van der Waals surface area contributed by atoms with E-state index in [1.54, 1.807) is 37.3 Å². The SMILES string of the molecule is CCCCOc1ccc(/C(O)=C2/C(=O)C(=O)N(c3nnc(C)s3)C2c2ccccc2F)cc1. The van der Waals surface area contributed by atoms with E-state index < -0.39 is 29.3 Å². The van der Waals surface area contributed by atoms with Crippen LogP contribution in [0.25, 0.3) is 5.76 Å². The molecule has 1 aliphatic heterocycles. The Bertz CT molecular complexity index is 1220. The first kappa shape index (κ1) is 22.6. The molecule has 1 unspecified atom stereocenters. The number of nitrogens with zero attached hydrogens (tertiary/aromatic N) is 3. The molecule has 0 radical (unpaired) electrons. The van der Waals surface area contributed by atoms with E-state index >= 15 is 0 Å². The predicted octanol–water partition coefficient (Wildman–Crippen LogP) is 4.79. The fourth-order valence-electron chi connectivity index (χ4n) is 3.60. The van der Waals surface area contributed by atoms with E-state index in [0.717, 1.165) is 29.1 Å². The summed E-state index contributed by atoms with van der Waals surface area (Å²) >= 11 is 1.10. The number of benzene rings is 2. The maximum Gasteiger partial charge on any atom is 0.301 e. The molecular formula is C24H22FN3O4S. The van der Waals surface area contributed by atoms with Gasteiger partial charge in [0, 0.05) is 11.1 Å². The lowest BCUT2D eigenvalue weighted by molar-refractivity contribution is -0.132. The Hall–Kier alpha value is -3.59. The Morgan fingerprint density at radius 2 is 1.88 bits per heavy atom. The summed E-state index contributed by atoms with van der Waals surface area (Å²) in [7, 11) is 0. The van der Waals surface area contributed by atoms with Crippen LogP contribution in [0, 0.1) is 12.7 Å². The molecule has 3 aromatic rings. The first-order valence-electron chi connectivity index (χ1n) is 10.5. The van der Waals surface area contributed by atoms with Crippen molar-refractivity contribution in [3.05, 3.63) is 76.1 Å². The highest BCUT2D eigenvalue weighted by Crippen LogP contribution is 2.43. The first-order chi connectivity index (χ1) is 15.9. The van der Waals surface area contributed by atoms with Crippen molar-refractivity contribution in [1.29, 1.82) is 0 Å². The number of rotatable bonds is 7. The molecule has 0 bridgehead atoms. The van der Waals surface area contributed by atoms with Gasteiger partial charge in [0.15, 0.2) is 0 Å². The number of carbonyl (C=O) groups is 2. The fraction of sp³-hybridized carbons (Fsp3) is 0.250. The van der Waals surface area contributed by atoms with Gasteiger partial charge >= 0.3 is 5.91 Å². The Balaban J connectivity index is 1.81. The normalized spacial score (nSPS) is 17.5. The molecule has 7 nitrogen and oxygen atoms in total. The number of aliphatic hydroxyl groups is 1. The summed E-state index contributed by atoms with van der Waals surface area (Å²) in [6, 6.07) is 11.2. The molecule has 4 rings (SSSR count). The summed E-state index contributed by atoms with van der Waals surface area (Å²) in [5.74, 6) is -2.21. The van der Waals surface area contributed by atoms with Crippen LogP contribution in [0.1, 0.15) is 41.9 Å². The second-order valence-corrected chi connectivity index (χ2v) is 8.68. The molecule has 1 N–H and O–H groups in total. The lowest BCUT2D eigenvalue weighted by Crippen LogP contribution is -2.29. The average molecular weight is 468 g/mol. The third-order valence-electron chi connectivity index (χ3n) is 5.26. The van der Waals surface area contributed by atoms with E-state index in [0.29, 0.717) is 22.9 Å². The van der Waals surface area contributed by atoms with Crippen LogP contribution in [0.3, 0.4) is 0 Å². The predicted molar refractivity (Wildman–Crippen MR) is 123 cm³/mol. The van der Waals surface area contributed by atoms with Crippen LogP contribution in [-0.4, -0.2) is 33.6 Å². The Morgan fingerprint density at radius 1 is 1.15 bits per heavy atom. The highest BCUT2D eigenvalue weighted by molar-refractivity contribution is 7.15. The summed E-state index contributed by atoms with van der Waals surface area (Å²) in [5, 5.41) is 19.7. The molecule has 2 heterocycles. The molecule has 1 atom stereocenters. The minimum atomic E-state index is -1.18. The maximum absolute atomic E-state index is 14.8.